The molecule has 3 aliphatic carbocycles. The monoisotopic (exact) mass is 344 g/mol. The van der Waals surface area contributed by atoms with Crippen LogP contribution < -0.4 is 0 Å². The molecule has 0 amide bonds. The van der Waals surface area contributed by atoms with Gasteiger partial charge in [0.15, 0.2) is 0 Å². The van der Waals surface area contributed by atoms with E-state index in [-0.39, 0.29) is 10.8 Å². The highest BCUT2D eigenvalue weighted by atomic mass is 14.6. The predicted molar refractivity (Wildman–Crippen MR) is 110 cm³/mol. The fraction of sp³-hybridized carbons (Fsp3) is 0.111. The quantitative estimate of drug-likeness (QED) is 0.394. The van der Waals surface area contributed by atoms with Crippen LogP contribution in [0.3, 0.4) is 0 Å². The third kappa shape index (κ3) is 1.56. The number of hydrogen-bond acceptors (Lipinski definition) is 0. The molecule has 2 bridgehead atoms. The van der Waals surface area contributed by atoms with Crippen LogP contribution in [0.2, 0.25) is 0 Å². The lowest BCUT2D eigenvalue weighted by Crippen LogP contribution is -2.50. The van der Waals surface area contributed by atoms with E-state index in [1.165, 1.54) is 38.9 Å². The summed E-state index contributed by atoms with van der Waals surface area (Å²) in [5.74, 6) is 0. The van der Waals surface area contributed by atoms with Gasteiger partial charge in [-0.15, -0.1) is 0 Å². The molecule has 0 saturated carbocycles. The highest BCUT2D eigenvalue weighted by molar-refractivity contribution is 5.78. The van der Waals surface area contributed by atoms with E-state index in [0.717, 1.165) is 0 Å². The third-order valence-corrected chi connectivity index (χ3v) is 6.82. The molecule has 0 aliphatic heterocycles. The molecule has 0 unspecified atom stereocenters. The summed E-state index contributed by atoms with van der Waals surface area (Å²) in [6.45, 7) is 2.40. The van der Waals surface area contributed by atoms with Crippen LogP contribution in [0.15, 0.2) is 103 Å². The van der Waals surface area contributed by atoms with Gasteiger partial charge in [-0.2, -0.15) is 0 Å². The summed E-state index contributed by atoms with van der Waals surface area (Å²) in [5.41, 5.74) is 9.58. The SMILES string of the molecule is CC12c3ccccc3C(c3ccccc3)(c3ccccc31)c1ccccc12. The van der Waals surface area contributed by atoms with Gasteiger partial charge in [-0.05, 0) is 45.9 Å². The third-order valence-electron chi connectivity index (χ3n) is 6.82. The van der Waals surface area contributed by atoms with Crippen LogP contribution in [0.25, 0.3) is 0 Å². The van der Waals surface area contributed by atoms with Gasteiger partial charge in [0, 0.05) is 5.41 Å². The minimum absolute atomic E-state index is 0.111. The Kier molecular flexibility index (Phi) is 2.77. The number of rotatable bonds is 1. The van der Waals surface area contributed by atoms with Crippen LogP contribution in [-0.2, 0) is 10.8 Å². The predicted octanol–water partition coefficient (Wildman–Crippen LogP) is 6.05. The zero-order chi connectivity index (χ0) is 18.1. The number of benzene rings is 4. The average Bonchev–Trinajstić information content (AvgIpc) is 2.75. The zero-order valence-corrected chi connectivity index (χ0v) is 15.3. The fourth-order valence-electron chi connectivity index (χ4n) is 5.76. The summed E-state index contributed by atoms with van der Waals surface area (Å²) in [5, 5.41) is 0. The van der Waals surface area contributed by atoms with Crippen molar-refractivity contribution >= 4 is 0 Å². The second-order valence-corrected chi connectivity index (χ2v) is 7.88. The van der Waals surface area contributed by atoms with Gasteiger partial charge in [0.25, 0.3) is 0 Å². The molecule has 0 aromatic heterocycles. The Hall–Kier alpha value is -3.12. The summed E-state index contributed by atoms with van der Waals surface area (Å²) in [4.78, 5) is 0. The summed E-state index contributed by atoms with van der Waals surface area (Å²) in [7, 11) is 0. The molecule has 27 heavy (non-hydrogen) atoms. The lowest BCUT2D eigenvalue weighted by molar-refractivity contribution is 0.532. The highest BCUT2D eigenvalue weighted by Crippen LogP contribution is 2.63. The number of hydrogen-bond donors (Lipinski definition) is 0. The van der Waals surface area contributed by atoms with Gasteiger partial charge in [-0.25, -0.2) is 0 Å². The lowest BCUT2D eigenvalue weighted by Gasteiger charge is -2.55. The Morgan fingerprint density at radius 2 is 0.741 bits per heavy atom. The van der Waals surface area contributed by atoms with Gasteiger partial charge >= 0.3 is 0 Å². The second kappa shape index (κ2) is 4.98. The van der Waals surface area contributed by atoms with Crippen molar-refractivity contribution in [2.75, 3.05) is 0 Å². The van der Waals surface area contributed by atoms with Crippen LogP contribution in [0.5, 0.6) is 0 Å². The van der Waals surface area contributed by atoms with E-state index in [9.17, 15) is 0 Å². The van der Waals surface area contributed by atoms with Crippen molar-refractivity contribution in [3.63, 3.8) is 0 Å². The van der Waals surface area contributed by atoms with E-state index >= 15 is 0 Å². The van der Waals surface area contributed by atoms with Gasteiger partial charge in [-0.1, -0.05) is 103 Å². The standard InChI is InChI=1S/C27H20/c1-26-20-13-5-8-16-23(20)27(19-11-3-2-4-12-19,24-17-9-6-14-21(24)26)25-18-10-7-15-22(25)26/h2-18H,1H3. The van der Waals surface area contributed by atoms with Crippen molar-refractivity contribution in [1.29, 1.82) is 0 Å². The van der Waals surface area contributed by atoms with Crippen LogP contribution in [0.1, 0.15) is 45.9 Å². The van der Waals surface area contributed by atoms with Crippen LogP contribution >= 0.6 is 0 Å². The van der Waals surface area contributed by atoms with E-state index in [1.54, 1.807) is 0 Å². The summed E-state index contributed by atoms with van der Waals surface area (Å²) in [6.07, 6.45) is 0. The molecule has 4 aromatic rings. The fourth-order valence-corrected chi connectivity index (χ4v) is 5.76. The molecular weight excluding hydrogens is 324 g/mol. The van der Waals surface area contributed by atoms with Crippen molar-refractivity contribution in [3.05, 3.63) is 142 Å². The molecule has 0 spiro atoms. The lowest BCUT2D eigenvalue weighted by atomic mass is 9.46. The minimum atomic E-state index is -0.247. The van der Waals surface area contributed by atoms with Crippen molar-refractivity contribution in [2.45, 2.75) is 17.8 Å². The minimum Gasteiger partial charge on any atom is -0.0622 e. The van der Waals surface area contributed by atoms with E-state index in [2.05, 4.69) is 110 Å². The van der Waals surface area contributed by atoms with E-state index < -0.39 is 0 Å². The molecule has 0 heterocycles. The molecule has 3 aliphatic rings. The molecule has 0 N–H and O–H groups in total. The first-order valence-corrected chi connectivity index (χ1v) is 9.64. The molecule has 0 heteroatoms. The Labute approximate surface area is 160 Å². The maximum atomic E-state index is 2.40. The van der Waals surface area contributed by atoms with E-state index in [4.69, 9.17) is 0 Å². The first-order valence-electron chi connectivity index (χ1n) is 9.64. The Morgan fingerprint density at radius 1 is 0.407 bits per heavy atom. The largest absolute Gasteiger partial charge is 0.0710 e. The van der Waals surface area contributed by atoms with Crippen molar-refractivity contribution < 1.29 is 0 Å². The van der Waals surface area contributed by atoms with Gasteiger partial charge < -0.3 is 0 Å². The molecule has 0 atom stereocenters. The zero-order valence-electron chi connectivity index (χ0n) is 15.3. The molecule has 0 radical (unpaired) electrons. The molecule has 0 saturated heterocycles. The van der Waals surface area contributed by atoms with Crippen LogP contribution in [0, 0.1) is 0 Å². The van der Waals surface area contributed by atoms with E-state index in [0.29, 0.717) is 0 Å². The Morgan fingerprint density at radius 3 is 1.15 bits per heavy atom. The summed E-state index contributed by atoms with van der Waals surface area (Å²) < 4.78 is 0. The normalized spacial score (nSPS) is 24.0. The van der Waals surface area contributed by atoms with Gasteiger partial charge in [0.2, 0.25) is 0 Å². The van der Waals surface area contributed by atoms with E-state index in [1.807, 2.05) is 0 Å². The molecule has 4 aromatic carbocycles. The van der Waals surface area contributed by atoms with Crippen molar-refractivity contribution in [2.24, 2.45) is 0 Å². The summed E-state index contributed by atoms with van der Waals surface area (Å²) in [6, 6.07) is 38.2. The molecule has 0 fully saturated rings. The maximum Gasteiger partial charge on any atom is 0.0710 e. The first kappa shape index (κ1) is 15.0. The van der Waals surface area contributed by atoms with Crippen LogP contribution in [0.4, 0.5) is 0 Å². The topological polar surface area (TPSA) is 0 Å². The average molecular weight is 344 g/mol. The van der Waals surface area contributed by atoms with Gasteiger partial charge in [-0.3, -0.25) is 0 Å². The van der Waals surface area contributed by atoms with Crippen LogP contribution in [-0.4, -0.2) is 0 Å². The Balaban J connectivity index is 1.91. The first-order chi connectivity index (χ1) is 13.3. The Bertz CT molecular complexity index is 1060. The van der Waals surface area contributed by atoms with Crippen molar-refractivity contribution in [3.8, 4) is 0 Å². The molecule has 128 valence electrons. The van der Waals surface area contributed by atoms with Gasteiger partial charge in [0.1, 0.15) is 0 Å². The highest BCUT2D eigenvalue weighted by Gasteiger charge is 2.57. The summed E-state index contributed by atoms with van der Waals surface area (Å²) >= 11 is 0. The van der Waals surface area contributed by atoms with Crippen molar-refractivity contribution in [1.82, 2.24) is 0 Å². The maximum absolute atomic E-state index is 2.40. The van der Waals surface area contributed by atoms with Gasteiger partial charge in [0.05, 0.1) is 5.41 Å². The molecular formula is C27H20. The second-order valence-electron chi connectivity index (χ2n) is 7.88. The molecule has 7 rings (SSSR count). The molecule has 0 nitrogen and oxygen atoms in total. The smallest absolute Gasteiger partial charge is 0.0622 e.